The molecule has 5 heteroatoms. The molecule has 0 aliphatic carbocycles. The maximum atomic E-state index is 9.28. The Kier molecular flexibility index (Phi) is 3.20. The van der Waals surface area contributed by atoms with E-state index >= 15 is 0 Å². The summed E-state index contributed by atoms with van der Waals surface area (Å²) in [7, 11) is 0. The predicted octanol–water partition coefficient (Wildman–Crippen LogP) is 1.50. The normalized spacial score (nSPS) is 20.0. The second kappa shape index (κ2) is 4.61. The summed E-state index contributed by atoms with van der Waals surface area (Å²) in [6.07, 6.45) is 4.23. The Morgan fingerprint density at radius 1 is 1.27 bits per heavy atom. The Morgan fingerprint density at radius 2 is 1.93 bits per heavy atom. The predicted molar refractivity (Wildman–Crippen MR) is 55.6 cm³/mol. The summed E-state index contributed by atoms with van der Waals surface area (Å²) in [4.78, 5) is 6.30. The second-order valence-corrected chi connectivity index (χ2v) is 4.01. The molecule has 1 N–H and O–H groups in total. The second-order valence-electron chi connectivity index (χ2n) is 4.01. The van der Waals surface area contributed by atoms with E-state index in [0.717, 1.165) is 13.1 Å². The van der Waals surface area contributed by atoms with Crippen LogP contribution in [0.4, 0.5) is 5.95 Å². The van der Waals surface area contributed by atoms with Gasteiger partial charge in [-0.1, -0.05) is 12.8 Å². The topological polar surface area (TPSA) is 62.4 Å². The maximum Gasteiger partial charge on any atom is 0.266 e. The molecule has 0 saturated carbocycles. The number of anilines is 1. The molecule has 0 aromatic carbocycles. The molecule has 1 aliphatic heterocycles. The van der Waals surface area contributed by atoms with Crippen molar-refractivity contribution < 1.29 is 9.63 Å². The third-order valence-corrected chi connectivity index (χ3v) is 2.68. The number of nitrogens with zero attached hydrogens (tertiary/aromatic N) is 3. The van der Waals surface area contributed by atoms with Crippen LogP contribution >= 0.6 is 0 Å². The van der Waals surface area contributed by atoms with Crippen molar-refractivity contribution >= 4 is 5.95 Å². The third-order valence-electron chi connectivity index (χ3n) is 2.68. The van der Waals surface area contributed by atoms with Crippen LogP contribution in [0.25, 0.3) is 0 Å². The van der Waals surface area contributed by atoms with Crippen LogP contribution in [0.5, 0.6) is 0 Å². The summed E-state index contributed by atoms with van der Waals surface area (Å²) < 4.78 is 4.97. The Morgan fingerprint density at radius 3 is 2.47 bits per heavy atom. The van der Waals surface area contributed by atoms with Crippen molar-refractivity contribution in [3.8, 4) is 0 Å². The lowest BCUT2D eigenvalue weighted by atomic mass is 10.2. The number of hydrogen-bond acceptors (Lipinski definition) is 5. The van der Waals surface area contributed by atoms with Gasteiger partial charge in [0.25, 0.3) is 11.8 Å². The lowest BCUT2D eigenvalue weighted by molar-refractivity contribution is 0.152. The first-order valence-corrected chi connectivity index (χ1v) is 5.54. The van der Waals surface area contributed by atoms with Crippen molar-refractivity contribution in [2.24, 2.45) is 0 Å². The molecule has 2 rings (SSSR count). The molecular weight excluding hydrogens is 194 g/mol. The van der Waals surface area contributed by atoms with E-state index in [1.54, 1.807) is 6.92 Å². The van der Waals surface area contributed by atoms with Crippen LogP contribution < -0.4 is 4.90 Å². The van der Waals surface area contributed by atoms with Crippen molar-refractivity contribution in [2.45, 2.75) is 38.7 Å². The highest BCUT2D eigenvalue weighted by molar-refractivity contribution is 5.27. The molecule has 1 aliphatic rings. The number of aliphatic hydroxyl groups is 1. The lowest BCUT2D eigenvalue weighted by Gasteiger charge is -2.16. The highest BCUT2D eigenvalue weighted by atomic mass is 16.5. The van der Waals surface area contributed by atoms with E-state index in [0.29, 0.717) is 11.8 Å². The van der Waals surface area contributed by atoms with E-state index < -0.39 is 6.10 Å². The van der Waals surface area contributed by atoms with Crippen LogP contribution in [-0.2, 0) is 0 Å². The smallest absolute Gasteiger partial charge is 0.266 e. The molecule has 0 spiro atoms. The standard InChI is InChI=1S/C10H17N3O2/c1-8(14)9-11-10(12-15-9)13-6-4-2-3-5-7-13/h8,14H,2-7H2,1H3. The van der Waals surface area contributed by atoms with Crippen LogP contribution in [0.15, 0.2) is 4.52 Å². The maximum absolute atomic E-state index is 9.28. The molecule has 1 unspecified atom stereocenters. The molecular formula is C10H17N3O2. The molecule has 1 aromatic heterocycles. The highest BCUT2D eigenvalue weighted by Crippen LogP contribution is 2.18. The Bertz CT molecular complexity index is 303. The van der Waals surface area contributed by atoms with E-state index in [1.807, 2.05) is 0 Å². The average Bonchev–Trinajstić information content (AvgIpc) is 2.55. The van der Waals surface area contributed by atoms with Crippen LogP contribution in [-0.4, -0.2) is 28.3 Å². The van der Waals surface area contributed by atoms with Gasteiger partial charge in [-0.25, -0.2) is 0 Å². The van der Waals surface area contributed by atoms with E-state index in [1.165, 1.54) is 25.7 Å². The number of hydrogen-bond donors (Lipinski definition) is 1. The van der Waals surface area contributed by atoms with Gasteiger partial charge in [0, 0.05) is 13.1 Å². The Hall–Kier alpha value is -1.10. The van der Waals surface area contributed by atoms with E-state index in [4.69, 9.17) is 4.52 Å². The van der Waals surface area contributed by atoms with Crippen molar-refractivity contribution in [3.05, 3.63) is 5.89 Å². The zero-order valence-electron chi connectivity index (χ0n) is 9.02. The van der Waals surface area contributed by atoms with Crippen LogP contribution in [0.3, 0.4) is 0 Å². The summed E-state index contributed by atoms with van der Waals surface area (Å²) in [5.41, 5.74) is 0. The van der Waals surface area contributed by atoms with Crippen molar-refractivity contribution in [2.75, 3.05) is 18.0 Å². The molecule has 5 nitrogen and oxygen atoms in total. The van der Waals surface area contributed by atoms with Crippen molar-refractivity contribution in [3.63, 3.8) is 0 Å². The molecule has 1 fully saturated rings. The first-order chi connectivity index (χ1) is 7.27. The van der Waals surface area contributed by atoms with Gasteiger partial charge in [0.05, 0.1) is 0 Å². The lowest BCUT2D eigenvalue weighted by Crippen LogP contribution is -2.25. The first-order valence-electron chi connectivity index (χ1n) is 5.54. The summed E-state index contributed by atoms with van der Waals surface area (Å²) in [5.74, 6) is 0.919. The molecule has 0 bridgehead atoms. The summed E-state index contributed by atoms with van der Waals surface area (Å²) in [6.45, 7) is 3.59. The highest BCUT2D eigenvalue weighted by Gasteiger charge is 2.17. The minimum absolute atomic E-state index is 0.300. The van der Waals surface area contributed by atoms with Gasteiger partial charge in [-0.05, 0) is 24.9 Å². The first kappa shape index (κ1) is 10.4. The van der Waals surface area contributed by atoms with Crippen LogP contribution in [0, 0.1) is 0 Å². The summed E-state index contributed by atoms with van der Waals surface area (Å²) in [5, 5.41) is 13.2. The number of aliphatic hydroxyl groups excluding tert-OH is 1. The van der Waals surface area contributed by atoms with E-state index in [-0.39, 0.29) is 0 Å². The van der Waals surface area contributed by atoms with Gasteiger partial charge in [0.15, 0.2) is 0 Å². The fraction of sp³-hybridized carbons (Fsp3) is 0.800. The van der Waals surface area contributed by atoms with Gasteiger partial charge >= 0.3 is 0 Å². The molecule has 15 heavy (non-hydrogen) atoms. The minimum Gasteiger partial charge on any atom is -0.384 e. The Balaban J connectivity index is 2.06. The zero-order valence-corrected chi connectivity index (χ0v) is 9.02. The zero-order chi connectivity index (χ0) is 10.7. The number of aromatic nitrogens is 2. The summed E-state index contributed by atoms with van der Waals surface area (Å²) >= 11 is 0. The molecule has 0 amide bonds. The third kappa shape index (κ3) is 2.47. The van der Waals surface area contributed by atoms with Gasteiger partial charge in [0.1, 0.15) is 6.10 Å². The van der Waals surface area contributed by atoms with Crippen molar-refractivity contribution in [1.29, 1.82) is 0 Å². The minimum atomic E-state index is -0.682. The van der Waals surface area contributed by atoms with E-state index in [2.05, 4.69) is 15.0 Å². The van der Waals surface area contributed by atoms with Gasteiger partial charge < -0.3 is 14.5 Å². The molecule has 84 valence electrons. The average molecular weight is 211 g/mol. The fourth-order valence-corrected chi connectivity index (χ4v) is 1.80. The van der Waals surface area contributed by atoms with Crippen LogP contribution in [0.1, 0.15) is 44.6 Å². The van der Waals surface area contributed by atoms with E-state index in [9.17, 15) is 5.11 Å². The molecule has 1 atom stereocenters. The van der Waals surface area contributed by atoms with Gasteiger partial charge in [-0.2, -0.15) is 4.98 Å². The molecule has 1 saturated heterocycles. The van der Waals surface area contributed by atoms with Crippen LogP contribution in [0.2, 0.25) is 0 Å². The van der Waals surface area contributed by atoms with Gasteiger partial charge in [-0.3, -0.25) is 0 Å². The fourth-order valence-electron chi connectivity index (χ4n) is 1.80. The van der Waals surface area contributed by atoms with Gasteiger partial charge in [-0.15, -0.1) is 0 Å². The largest absolute Gasteiger partial charge is 0.384 e. The van der Waals surface area contributed by atoms with Gasteiger partial charge in [0.2, 0.25) is 0 Å². The number of rotatable bonds is 2. The van der Waals surface area contributed by atoms with Crippen molar-refractivity contribution in [1.82, 2.24) is 10.1 Å². The quantitative estimate of drug-likeness (QED) is 0.803. The molecule has 0 radical (unpaired) electrons. The monoisotopic (exact) mass is 211 g/mol. The Labute approximate surface area is 89.1 Å². The SMILES string of the molecule is CC(O)c1nc(N2CCCCCC2)no1. The molecule has 2 heterocycles. The summed E-state index contributed by atoms with van der Waals surface area (Å²) in [6, 6.07) is 0. The molecule has 1 aromatic rings.